The topological polar surface area (TPSA) is 47.4 Å². The number of likely N-dealkylation sites (N-methyl/N-ethyl adjacent to an activating group) is 1. The molecule has 6 heteroatoms. The lowest BCUT2D eigenvalue weighted by atomic mass is 10.1. The molecule has 2 aromatic rings. The molecule has 1 aliphatic heterocycles. The first-order chi connectivity index (χ1) is 10.5. The molecule has 0 saturated heterocycles. The van der Waals surface area contributed by atoms with Crippen molar-refractivity contribution in [3.8, 4) is 5.75 Å². The van der Waals surface area contributed by atoms with Crippen LogP contribution in [0.1, 0.15) is 11.4 Å². The van der Waals surface area contributed by atoms with Gasteiger partial charge in [0.1, 0.15) is 18.2 Å². The van der Waals surface area contributed by atoms with Crippen LogP contribution in [0.4, 0.5) is 0 Å². The Balaban J connectivity index is 1.79. The molecular formula is C16H16ClN3O2. The van der Waals surface area contributed by atoms with Gasteiger partial charge in [0.2, 0.25) is 0 Å². The standard InChI is InChI=1S/C16H16ClN3O2/c1-19-6-5-18-15(19)9-20(2)16(21)12-7-11-8-13(17)3-4-14(11)22-10-12/h3-8H,9-10H2,1-2H3. The van der Waals surface area contributed by atoms with E-state index in [4.69, 9.17) is 16.3 Å². The molecule has 0 atom stereocenters. The number of ether oxygens (including phenoxy) is 1. The maximum Gasteiger partial charge on any atom is 0.253 e. The molecule has 0 aliphatic carbocycles. The largest absolute Gasteiger partial charge is 0.488 e. The van der Waals surface area contributed by atoms with Crippen molar-refractivity contribution in [2.45, 2.75) is 6.54 Å². The first-order valence-electron chi connectivity index (χ1n) is 6.89. The Morgan fingerprint density at radius 3 is 3.05 bits per heavy atom. The summed E-state index contributed by atoms with van der Waals surface area (Å²) < 4.78 is 7.52. The summed E-state index contributed by atoms with van der Waals surface area (Å²) in [7, 11) is 3.66. The minimum atomic E-state index is -0.0753. The SMILES string of the molecule is CN(Cc1nccn1C)C(=O)C1=Cc2cc(Cl)ccc2OC1. The van der Waals surface area contributed by atoms with Gasteiger partial charge in [0, 0.05) is 37.1 Å². The number of aryl methyl sites for hydroxylation is 1. The Kier molecular flexibility index (Phi) is 3.90. The zero-order valence-corrected chi connectivity index (χ0v) is 13.2. The number of aromatic nitrogens is 2. The Hall–Kier alpha value is -2.27. The van der Waals surface area contributed by atoms with Gasteiger partial charge in [-0.25, -0.2) is 4.98 Å². The van der Waals surface area contributed by atoms with Crippen LogP contribution in [-0.2, 0) is 18.4 Å². The maximum atomic E-state index is 12.5. The van der Waals surface area contributed by atoms with E-state index in [9.17, 15) is 4.79 Å². The number of fused-ring (bicyclic) bond motifs is 1. The summed E-state index contributed by atoms with van der Waals surface area (Å²) in [5.41, 5.74) is 1.43. The number of hydrogen-bond acceptors (Lipinski definition) is 3. The van der Waals surface area contributed by atoms with Crippen LogP contribution in [0.5, 0.6) is 5.75 Å². The molecule has 0 radical (unpaired) electrons. The van der Waals surface area contributed by atoms with Gasteiger partial charge in [-0.3, -0.25) is 4.79 Å². The maximum absolute atomic E-state index is 12.5. The molecule has 1 aromatic heterocycles. The third kappa shape index (κ3) is 2.85. The van der Waals surface area contributed by atoms with E-state index in [0.29, 0.717) is 17.1 Å². The molecule has 1 aliphatic rings. The third-order valence-electron chi connectivity index (χ3n) is 3.61. The van der Waals surface area contributed by atoms with Crippen LogP contribution in [0.25, 0.3) is 6.08 Å². The molecule has 0 bridgehead atoms. The number of hydrogen-bond donors (Lipinski definition) is 0. The van der Waals surface area contributed by atoms with Gasteiger partial charge in [0.25, 0.3) is 5.91 Å². The fourth-order valence-corrected chi connectivity index (χ4v) is 2.53. The van der Waals surface area contributed by atoms with E-state index in [1.165, 1.54) is 0 Å². The van der Waals surface area contributed by atoms with Gasteiger partial charge in [-0.15, -0.1) is 0 Å². The van der Waals surface area contributed by atoms with Crippen LogP contribution < -0.4 is 4.74 Å². The predicted octanol–water partition coefficient (Wildman–Crippen LogP) is 2.51. The zero-order valence-electron chi connectivity index (χ0n) is 12.4. The van der Waals surface area contributed by atoms with Crippen LogP contribution in [0, 0.1) is 0 Å². The molecular weight excluding hydrogens is 302 g/mol. The van der Waals surface area contributed by atoms with Gasteiger partial charge in [0.05, 0.1) is 12.1 Å². The van der Waals surface area contributed by atoms with Gasteiger partial charge in [-0.2, -0.15) is 0 Å². The lowest BCUT2D eigenvalue weighted by Crippen LogP contribution is -2.31. The number of amides is 1. The minimum Gasteiger partial charge on any atom is -0.488 e. The van der Waals surface area contributed by atoms with Crippen molar-refractivity contribution in [3.05, 3.63) is 52.6 Å². The molecule has 0 unspecified atom stereocenters. The third-order valence-corrected chi connectivity index (χ3v) is 3.84. The average molecular weight is 318 g/mol. The van der Waals surface area contributed by atoms with Gasteiger partial charge >= 0.3 is 0 Å². The number of nitrogens with zero attached hydrogens (tertiary/aromatic N) is 3. The second-order valence-electron chi connectivity index (χ2n) is 5.26. The lowest BCUT2D eigenvalue weighted by Gasteiger charge is -2.22. The number of imidazole rings is 1. The zero-order chi connectivity index (χ0) is 15.7. The van der Waals surface area contributed by atoms with Crippen LogP contribution in [0.15, 0.2) is 36.2 Å². The number of halogens is 1. The molecule has 1 amide bonds. The van der Waals surface area contributed by atoms with E-state index in [-0.39, 0.29) is 12.5 Å². The molecule has 114 valence electrons. The fourth-order valence-electron chi connectivity index (χ4n) is 2.35. The van der Waals surface area contributed by atoms with Crippen LogP contribution >= 0.6 is 11.6 Å². The molecule has 0 saturated carbocycles. The first kappa shape index (κ1) is 14.7. The Labute approximate surface area is 133 Å². The normalized spacial score (nSPS) is 13.1. The first-order valence-corrected chi connectivity index (χ1v) is 7.27. The van der Waals surface area contributed by atoms with Gasteiger partial charge in [-0.1, -0.05) is 11.6 Å². The molecule has 0 fully saturated rings. The fraction of sp³-hybridized carbons (Fsp3) is 0.250. The molecule has 3 rings (SSSR count). The van der Waals surface area contributed by atoms with Crippen molar-refractivity contribution in [3.63, 3.8) is 0 Å². The van der Waals surface area contributed by atoms with Crippen molar-refractivity contribution in [2.75, 3.05) is 13.7 Å². The molecule has 2 heterocycles. The summed E-state index contributed by atoms with van der Waals surface area (Å²) in [5.74, 6) is 1.50. The molecule has 5 nitrogen and oxygen atoms in total. The number of rotatable bonds is 3. The number of carbonyl (C=O) groups is 1. The average Bonchev–Trinajstić information content (AvgIpc) is 2.90. The predicted molar refractivity (Wildman–Crippen MR) is 84.6 cm³/mol. The van der Waals surface area contributed by atoms with E-state index in [0.717, 1.165) is 17.1 Å². The van der Waals surface area contributed by atoms with Crippen molar-refractivity contribution < 1.29 is 9.53 Å². The molecule has 0 N–H and O–H groups in total. The summed E-state index contributed by atoms with van der Waals surface area (Å²) in [5, 5.41) is 0.619. The summed E-state index contributed by atoms with van der Waals surface area (Å²) >= 11 is 5.99. The monoisotopic (exact) mass is 317 g/mol. The van der Waals surface area contributed by atoms with Crippen LogP contribution in [-0.4, -0.2) is 34.0 Å². The smallest absolute Gasteiger partial charge is 0.253 e. The lowest BCUT2D eigenvalue weighted by molar-refractivity contribution is -0.126. The van der Waals surface area contributed by atoms with Crippen LogP contribution in [0.2, 0.25) is 5.02 Å². The highest BCUT2D eigenvalue weighted by Gasteiger charge is 2.21. The van der Waals surface area contributed by atoms with E-state index < -0.39 is 0 Å². The highest BCUT2D eigenvalue weighted by molar-refractivity contribution is 6.30. The second-order valence-corrected chi connectivity index (χ2v) is 5.69. The van der Waals surface area contributed by atoms with Crippen molar-refractivity contribution in [2.24, 2.45) is 7.05 Å². The van der Waals surface area contributed by atoms with Crippen molar-refractivity contribution in [1.82, 2.24) is 14.5 Å². The van der Waals surface area contributed by atoms with Crippen molar-refractivity contribution in [1.29, 1.82) is 0 Å². The molecule has 0 spiro atoms. The van der Waals surface area contributed by atoms with E-state index in [2.05, 4.69) is 4.98 Å². The molecule has 22 heavy (non-hydrogen) atoms. The number of benzene rings is 1. The summed E-state index contributed by atoms with van der Waals surface area (Å²) in [6, 6.07) is 5.38. The highest BCUT2D eigenvalue weighted by Crippen LogP contribution is 2.29. The molecule has 1 aromatic carbocycles. The summed E-state index contributed by atoms with van der Waals surface area (Å²) in [6.45, 7) is 0.709. The quantitative estimate of drug-likeness (QED) is 0.874. The van der Waals surface area contributed by atoms with Gasteiger partial charge in [-0.05, 0) is 24.3 Å². The number of carbonyl (C=O) groups excluding carboxylic acids is 1. The Bertz CT molecular complexity index is 752. The van der Waals surface area contributed by atoms with E-state index >= 15 is 0 Å². The summed E-state index contributed by atoms with van der Waals surface area (Å²) in [6.07, 6.45) is 5.41. The Morgan fingerprint density at radius 2 is 2.32 bits per heavy atom. The highest BCUT2D eigenvalue weighted by atomic mass is 35.5. The second kappa shape index (κ2) is 5.85. The Morgan fingerprint density at radius 1 is 1.50 bits per heavy atom. The minimum absolute atomic E-state index is 0.0753. The van der Waals surface area contributed by atoms with Gasteiger partial charge < -0.3 is 14.2 Å². The van der Waals surface area contributed by atoms with Crippen molar-refractivity contribution >= 4 is 23.6 Å². The van der Waals surface area contributed by atoms with E-state index in [1.807, 2.05) is 30.0 Å². The van der Waals surface area contributed by atoms with E-state index in [1.54, 1.807) is 30.3 Å². The van der Waals surface area contributed by atoms with Crippen LogP contribution in [0.3, 0.4) is 0 Å². The summed E-state index contributed by atoms with van der Waals surface area (Å²) in [4.78, 5) is 18.4. The van der Waals surface area contributed by atoms with Gasteiger partial charge in [0.15, 0.2) is 0 Å².